The van der Waals surface area contributed by atoms with Crippen molar-refractivity contribution < 1.29 is 73.0 Å². The molecular weight excluding hydrogens is 588 g/mol. The second-order valence-corrected chi connectivity index (χ2v) is 11.5. The van der Waals surface area contributed by atoms with Crippen LogP contribution in [0, 0.1) is 11.8 Å². The molecule has 15 heteroatoms. The third-order valence-corrected chi connectivity index (χ3v) is 8.64. The summed E-state index contributed by atoms with van der Waals surface area (Å²) in [4.78, 5) is 25.0. The van der Waals surface area contributed by atoms with Crippen molar-refractivity contribution in [3.63, 3.8) is 0 Å². The molecule has 0 spiro atoms. The summed E-state index contributed by atoms with van der Waals surface area (Å²) in [6, 6.07) is 8.16. The lowest BCUT2D eigenvalue weighted by molar-refractivity contribution is -0.344. The van der Waals surface area contributed by atoms with Gasteiger partial charge in [0.1, 0.15) is 36.6 Å². The molecule has 15 nitrogen and oxygen atoms in total. The van der Waals surface area contributed by atoms with Crippen molar-refractivity contribution in [1.82, 2.24) is 0 Å². The highest BCUT2D eigenvalue weighted by atomic mass is 16.8. The predicted molar refractivity (Wildman–Crippen MR) is 141 cm³/mol. The SMILES string of the molecule is CC(=O)O[C@H]1[C@H](O[C@H]2[C@@H]3C=CO[C@H](O[C@@H]4O[C@H](CO)[C@@H](O)[C@H](O)[C@H]4O)[C@@H]3[C@H]3O[C@@H]23)O[C@@H](C)[C@H](O)[C@H]1OC(=O)c1ccccc1. The van der Waals surface area contributed by atoms with Crippen LogP contribution < -0.4 is 0 Å². The van der Waals surface area contributed by atoms with Gasteiger partial charge in [-0.25, -0.2) is 4.79 Å². The minimum absolute atomic E-state index is 0.239. The zero-order valence-electron chi connectivity index (χ0n) is 23.8. The molecule has 44 heavy (non-hydrogen) atoms. The molecule has 3 saturated heterocycles. The van der Waals surface area contributed by atoms with E-state index in [1.807, 2.05) is 0 Å². The third kappa shape index (κ3) is 5.85. The van der Waals surface area contributed by atoms with Gasteiger partial charge in [-0.3, -0.25) is 4.79 Å². The number of esters is 2. The second kappa shape index (κ2) is 12.6. The van der Waals surface area contributed by atoms with Gasteiger partial charge in [0.15, 0.2) is 24.8 Å². The molecule has 5 aliphatic rings. The van der Waals surface area contributed by atoms with E-state index in [-0.39, 0.29) is 5.56 Å². The van der Waals surface area contributed by atoms with Crippen LogP contribution in [0.25, 0.3) is 0 Å². The van der Waals surface area contributed by atoms with Crippen LogP contribution in [0.4, 0.5) is 0 Å². The quantitative estimate of drug-likeness (QED) is 0.162. The van der Waals surface area contributed by atoms with E-state index < -0.39 is 116 Å². The maximum absolute atomic E-state index is 12.9. The van der Waals surface area contributed by atoms with Crippen molar-refractivity contribution in [3.8, 4) is 0 Å². The number of epoxide rings is 1. The molecule has 6 rings (SSSR count). The summed E-state index contributed by atoms with van der Waals surface area (Å²) in [6.45, 7) is 2.12. The predicted octanol–water partition coefficient (Wildman–Crippen LogP) is -1.67. The van der Waals surface area contributed by atoms with Crippen LogP contribution in [-0.2, 0) is 42.7 Å². The molecule has 1 saturated carbocycles. The first-order valence-corrected chi connectivity index (χ1v) is 14.4. The molecule has 242 valence electrons. The van der Waals surface area contributed by atoms with Gasteiger partial charge in [-0.1, -0.05) is 18.2 Å². The number of carbonyl (C=O) groups excluding carboxylic acids is 2. The van der Waals surface area contributed by atoms with Crippen LogP contribution in [-0.4, -0.2) is 130 Å². The molecule has 4 heterocycles. The fourth-order valence-corrected chi connectivity index (χ4v) is 6.32. The molecule has 0 radical (unpaired) electrons. The largest absolute Gasteiger partial charge is 0.472 e. The number of carbonyl (C=O) groups is 2. The number of aliphatic hydroxyl groups excluding tert-OH is 5. The molecule has 0 amide bonds. The molecule has 0 bridgehead atoms. The highest BCUT2D eigenvalue weighted by molar-refractivity contribution is 5.89. The number of rotatable bonds is 8. The molecule has 1 aromatic carbocycles. The van der Waals surface area contributed by atoms with Gasteiger partial charge in [0.2, 0.25) is 6.29 Å². The molecule has 4 aliphatic heterocycles. The van der Waals surface area contributed by atoms with Crippen LogP contribution in [0.5, 0.6) is 0 Å². The van der Waals surface area contributed by atoms with Crippen LogP contribution in [0.15, 0.2) is 42.7 Å². The first-order chi connectivity index (χ1) is 21.1. The second-order valence-electron chi connectivity index (χ2n) is 11.5. The number of aliphatic hydroxyl groups is 5. The summed E-state index contributed by atoms with van der Waals surface area (Å²) < 4.78 is 46.4. The van der Waals surface area contributed by atoms with Gasteiger partial charge in [0.05, 0.1) is 42.7 Å². The summed E-state index contributed by atoms with van der Waals surface area (Å²) in [5.74, 6) is -2.31. The first-order valence-electron chi connectivity index (χ1n) is 14.4. The Kier molecular flexibility index (Phi) is 8.96. The summed E-state index contributed by atoms with van der Waals surface area (Å²) in [5, 5.41) is 51.2. The highest BCUT2D eigenvalue weighted by Gasteiger charge is 2.67. The summed E-state index contributed by atoms with van der Waals surface area (Å²) in [7, 11) is 0. The molecule has 1 aliphatic carbocycles. The zero-order chi connectivity index (χ0) is 31.3. The van der Waals surface area contributed by atoms with Crippen molar-refractivity contribution in [2.24, 2.45) is 11.8 Å². The topological polar surface area (TPSA) is 212 Å². The summed E-state index contributed by atoms with van der Waals surface area (Å²) >= 11 is 0. The van der Waals surface area contributed by atoms with Crippen LogP contribution in [0.2, 0.25) is 0 Å². The fraction of sp³-hybridized carbons (Fsp3) is 0.655. The van der Waals surface area contributed by atoms with E-state index in [1.165, 1.54) is 13.2 Å². The molecule has 0 unspecified atom stereocenters. The maximum atomic E-state index is 12.9. The zero-order valence-corrected chi connectivity index (χ0v) is 23.8. The van der Waals surface area contributed by atoms with Gasteiger partial charge in [-0.05, 0) is 25.1 Å². The highest BCUT2D eigenvalue weighted by Crippen LogP contribution is 2.53. The number of hydrogen-bond acceptors (Lipinski definition) is 15. The molecule has 1 aromatic rings. The van der Waals surface area contributed by atoms with Crippen LogP contribution >= 0.6 is 0 Å². The van der Waals surface area contributed by atoms with Crippen LogP contribution in [0.1, 0.15) is 24.2 Å². The van der Waals surface area contributed by atoms with Gasteiger partial charge < -0.3 is 63.4 Å². The molecule has 0 aromatic heterocycles. The monoisotopic (exact) mass is 624 g/mol. The molecule has 4 fully saturated rings. The minimum Gasteiger partial charge on any atom is -0.472 e. The van der Waals surface area contributed by atoms with Gasteiger partial charge in [-0.15, -0.1) is 0 Å². The average Bonchev–Trinajstić information content (AvgIpc) is 3.74. The Hall–Kier alpha value is -2.70. The molecular formula is C29H36O15. The third-order valence-electron chi connectivity index (χ3n) is 8.64. The van der Waals surface area contributed by atoms with Crippen molar-refractivity contribution in [2.45, 2.75) is 99.9 Å². The van der Waals surface area contributed by atoms with E-state index in [9.17, 15) is 35.1 Å². The summed E-state index contributed by atoms with van der Waals surface area (Å²) in [6.07, 6.45) is -13.0. The number of ether oxygens (including phenoxy) is 8. The standard InChI is InChI=1S/C29H36O15/c1-11-17(32)23(42-26(36)13-6-4-3-5-7-13)25(39-12(2)31)29(38-11)43-21-14-8-9-37-27(16(14)22-24(21)41-22)44-28-20(35)19(34)18(33)15(10-30)40-28/h3-9,11,14-25,27-30,32-35H,10H2,1-2H3/t11-,14+,15+,16-,17-,18+,19-,20+,21-,22+,23+,24-,25+,27+,28-,29-/m0/s1. The smallest absolute Gasteiger partial charge is 0.338 e. The summed E-state index contributed by atoms with van der Waals surface area (Å²) in [5.41, 5.74) is 0.239. The maximum Gasteiger partial charge on any atom is 0.338 e. The van der Waals surface area contributed by atoms with Gasteiger partial charge in [0, 0.05) is 12.8 Å². The van der Waals surface area contributed by atoms with Crippen LogP contribution in [0.3, 0.4) is 0 Å². The lowest BCUT2D eigenvalue weighted by Gasteiger charge is -2.44. The van der Waals surface area contributed by atoms with E-state index in [2.05, 4.69) is 0 Å². The van der Waals surface area contributed by atoms with Crippen molar-refractivity contribution >= 4 is 11.9 Å². The normalized spacial score (nSPS) is 45.9. The number of hydrogen-bond donors (Lipinski definition) is 5. The van der Waals surface area contributed by atoms with E-state index in [0.717, 1.165) is 0 Å². The van der Waals surface area contributed by atoms with E-state index in [0.29, 0.717) is 0 Å². The van der Waals surface area contributed by atoms with E-state index in [4.69, 9.17) is 37.9 Å². The van der Waals surface area contributed by atoms with Gasteiger partial charge in [-0.2, -0.15) is 0 Å². The average molecular weight is 625 g/mol. The van der Waals surface area contributed by atoms with Crippen molar-refractivity contribution in [3.05, 3.63) is 48.2 Å². The number of fused-ring (bicyclic) bond motifs is 3. The Balaban J connectivity index is 1.18. The Morgan fingerprint density at radius 2 is 1.55 bits per heavy atom. The van der Waals surface area contributed by atoms with E-state index >= 15 is 0 Å². The Bertz CT molecular complexity index is 1210. The Labute approximate surface area is 251 Å². The minimum atomic E-state index is -1.63. The van der Waals surface area contributed by atoms with Gasteiger partial charge >= 0.3 is 11.9 Å². The lowest BCUT2D eigenvalue weighted by Crippen LogP contribution is -2.61. The van der Waals surface area contributed by atoms with E-state index in [1.54, 1.807) is 43.3 Å². The molecule has 5 N–H and O–H groups in total. The first kappa shape index (κ1) is 31.3. The lowest BCUT2D eigenvalue weighted by atomic mass is 9.91. The van der Waals surface area contributed by atoms with Crippen molar-refractivity contribution in [1.29, 1.82) is 0 Å². The fourth-order valence-electron chi connectivity index (χ4n) is 6.32. The Morgan fingerprint density at radius 3 is 2.25 bits per heavy atom. The van der Waals surface area contributed by atoms with Gasteiger partial charge in [0.25, 0.3) is 0 Å². The van der Waals surface area contributed by atoms with Crippen molar-refractivity contribution in [2.75, 3.05) is 6.61 Å². The number of benzene rings is 1. The Morgan fingerprint density at radius 1 is 0.795 bits per heavy atom. The molecule has 16 atom stereocenters.